The van der Waals surface area contributed by atoms with Gasteiger partial charge in [0.15, 0.2) is 0 Å². The fourth-order valence-corrected chi connectivity index (χ4v) is 6.07. The fourth-order valence-electron chi connectivity index (χ4n) is 3.13. The highest BCUT2D eigenvalue weighted by molar-refractivity contribution is 7.89. The van der Waals surface area contributed by atoms with Crippen LogP contribution in [0.25, 0.3) is 0 Å². The second-order valence-corrected chi connectivity index (χ2v) is 10.5. The van der Waals surface area contributed by atoms with Crippen LogP contribution in [0, 0.1) is 20.2 Å². The predicted molar refractivity (Wildman–Crippen MR) is 108 cm³/mol. The van der Waals surface area contributed by atoms with Gasteiger partial charge in [-0.1, -0.05) is 0 Å². The molecule has 0 amide bonds. The molecule has 1 aliphatic heterocycles. The molecule has 1 saturated heterocycles. The molecule has 2 aromatic rings. The van der Waals surface area contributed by atoms with Gasteiger partial charge >= 0.3 is 0 Å². The first kappa shape index (κ1) is 22.7. The number of hydrogen-bond acceptors (Lipinski definition) is 8. The van der Waals surface area contributed by atoms with E-state index in [0.29, 0.717) is 0 Å². The van der Waals surface area contributed by atoms with Crippen LogP contribution in [0.4, 0.5) is 11.4 Å². The maximum absolute atomic E-state index is 12.9. The molecule has 1 fully saturated rings. The van der Waals surface area contributed by atoms with Crippen molar-refractivity contribution in [1.29, 1.82) is 0 Å². The average molecular weight is 470 g/mol. The van der Waals surface area contributed by atoms with Gasteiger partial charge in [-0.25, -0.2) is 16.8 Å². The van der Waals surface area contributed by atoms with Crippen LogP contribution in [-0.4, -0.2) is 61.5 Å². The highest BCUT2D eigenvalue weighted by Crippen LogP contribution is 2.24. The molecule has 3 rings (SSSR count). The summed E-state index contributed by atoms with van der Waals surface area (Å²) in [6.07, 6.45) is 0.235. The largest absolute Gasteiger partial charge is 0.269 e. The van der Waals surface area contributed by atoms with Gasteiger partial charge in [-0.05, 0) is 30.7 Å². The lowest BCUT2D eigenvalue weighted by Crippen LogP contribution is -2.37. The number of sulfonamides is 2. The number of non-ortho nitro benzene ring substituents is 2. The minimum Gasteiger partial charge on any atom is -0.258 e. The van der Waals surface area contributed by atoms with E-state index in [1.54, 1.807) is 0 Å². The Balaban J connectivity index is 1.77. The molecule has 1 aliphatic rings. The summed E-state index contributed by atoms with van der Waals surface area (Å²) in [6.45, 7) is -0.0612. The van der Waals surface area contributed by atoms with Crippen LogP contribution in [0.15, 0.2) is 58.3 Å². The highest BCUT2D eigenvalue weighted by atomic mass is 32.2. The molecular weight excluding hydrogens is 452 g/mol. The smallest absolute Gasteiger partial charge is 0.258 e. The summed E-state index contributed by atoms with van der Waals surface area (Å²) in [4.78, 5) is 20.0. The summed E-state index contributed by atoms with van der Waals surface area (Å²) in [5.74, 6) is 0. The molecule has 0 radical (unpaired) electrons. The summed E-state index contributed by atoms with van der Waals surface area (Å²) >= 11 is 0. The molecule has 0 saturated carbocycles. The van der Waals surface area contributed by atoms with Gasteiger partial charge in [-0.3, -0.25) is 20.2 Å². The van der Waals surface area contributed by atoms with Crippen molar-refractivity contribution in [3.05, 3.63) is 68.8 Å². The molecule has 0 aromatic heterocycles. The van der Waals surface area contributed by atoms with Crippen molar-refractivity contribution >= 4 is 31.4 Å². The van der Waals surface area contributed by atoms with Crippen LogP contribution in [0.1, 0.15) is 6.42 Å². The van der Waals surface area contributed by atoms with Crippen molar-refractivity contribution in [3.63, 3.8) is 0 Å². The Hall–Kier alpha value is -2.94. The van der Waals surface area contributed by atoms with Gasteiger partial charge < -0.3 is 0 Å². The number of benzene rings is 2. The van der Waals surface area contributed by atoms with E-state index in [-0.39, 0.29) is 53.8 Å². The van der Waals surface area contributed by atoms with Crippen molar-refractivity contribution in [3.8, 4) is 0 Å². The van der Waals surface area contributed by atoms with Crippen molar-refractivity contribution in [2.75, 3.05) is 26.2 Å². The summed E-state index contributed by atoms with van der Waals surface area (Å²) in [5.41, 5.74) is -0.481. The molecule has 0 unspecified atom stereocenters. The van der Waals surface area contributed by atoms with Gasteiger partial charge in [-0.2, -0.15) is 8.61 Å². The van der Waals surface area contributed by atoms with Crippen LogP contribution in [0.2, 0.25) is 0 Å². The van der Waals surface area contributed by atoms with Crippen LogP contribution < -0.4 is 0 Å². The molecule has 14 heteroatoms. The summed E-state index contributed by atoms with van der Waals surface area (Å²) in [7, 11) is -7.92. The Morgan fingerprint density at radius 2 is 0.935 bits per heavy atom. The third-order valence-electron chi connectivity index (χ3n) is 4.78. The minimum atomic E-state index is -3.96. The zero-order valence-electron chi connectivity index (χ0n) is 16.0. The lowest BCUT2D eigenvalue weighted by atomic mass is 10.3. The predicted octanol–water partition coefficient (Wildman–Crippen LogP) is 1.59. The minimum absolute atomic E-state index is 0.0750. The molecule has 1 heterocycles. The summed E-state index contributed by atoms with van der Waals surface area (Å²) in [6, 6.07) is 8.94. The van der Waals surface area contributed by atoms with E-state index in [9.17, 15) is 37.1 Å². The topological polar surface area (TPSA) is 161 Å². The number of nitro groups is 2. The molecule has 0 spiro atoms. The number of hydrogen-bond donors (Lipinski definition) is 0. The fraction of sp³-hybridized carbons (Fsp3) is 0.294. The van der Waals surface area contributed by atoms with Crippen LogP contribution in [0.3, 0.4) is 0 Å². The molecule has 166 valence electrons. The summed E-state index contributed by atoms with van der Waals surface area (Å²) in [5, 5.41) is 21.5. The van der Waals surface area contributed by atoms with E-state index in [1.165, 1.54) is 0 Å². The number of rotatable bonds is 6. The maximum Gasteiger partial charge on any atom is 0.269 e. The standard InChI is InChI=1S/C17H18N4O8S2/c22-20(23)14-2-6-16(7-3-14)30(26,27)18-10-1-11-19(13-12-18)31(28,29)17-8-4-15(5-9-17)21(24)25/h2-9H,1,10-13H2. The van der Waals surface area contributed by atoms with Crippen molar-refractivity contribution in [2.24, 2.45) is 0 Å². The quantitative estimate of drug-likeness (QED) is 0.454. The Bertz CT molecular complexity index is 1100. The highest BCUT2D eigenvalue weighted by Gasteiger charge is 2.32. The van der Waals surface area contributed by atoms with E-state index in [1.807, 2.05) is 0 Å². The molecule has 0 N–H and O–H groups in total. The van der Waals surface area contributed by atoms with Crippen LogP contribution in [0.5, 0.6) is 0 Å². The number of nitrogens with zero attached hydrogens (tertiary/aromatic N) is 4. The lowest BCUT2D eigenvalue weighted by Gasteiger charge is -2.21. The van der Waals surface area contributed by atoms with Crippen molar-refractivity contribution < 1.29 is 26.7 Å². The zero-order valence-corrected chi connectivity index (χ0v) is 17.7. The van der Waals surface area contributed by atoms with Crippen molar-refractivity contribution in [1.82, 2.24) is 8.61 Å². The van der Waals surface area contributed by atoms with Gasteiger partial charge in [-0.15, -0.1) is 0 Å². The Morgan fingerprint density at radius 1 is 0.613 bits per heavy atom. The van der Waals surface area contributed by atoms with E-state index < -0.39 is 29.9 Å². The van der Waals surface area contributed by atoms with Gasteiger partial charge in [0.2, 0.25) is 20.0 Å². The molecule has 12 nitrogen and oxygen atoms in total. The number of nitro benzene ring substituents is 2. The summed E-state index contributed by atoms with van der Waals surface area (Å²) < 4.78 is 53.8. The third kappa shape index (κ3) is 4.71. The molecule has 31 heavy (non-hydrogen) atoms. The molecule has 2 aromatic carbocycles. The van der Waals surface area contributed by atoms with Crippen LogP contribution >= 0.6 is 0 Å². The first-order valence-corrected chi connectivity index (χ1v) is 11.9. The molecule has 0 aliphatic carbocycles. The SMILES string of the molecule is O=[N+]([O-])c1ccc(S(=O)(=O)N2CCCN(S(=O)(=O)c3ccc([N+](=O)[O-])cc3)CC2)cc1. The van der Waals surface area contributed by atoms with Crippen molar-refractivity contribution in [2.45, 2.75) is 16.2 Å². The molecule has 0 bridgehead atoms. The molecule has 0 atom stereocenters. The van der Waals surface area contributed by atoms with Gasteiger partial charge in [0.1, 0.15) is 0 Å². The van der Waals surface area contributed by atoms with Crippen LogP contribution in [-0.2, 0) is 20.0 Å². The first-order chi connectivity index (χ1) is 14.5. The lowest BCUT2D eigenvalue weighted by molar-refractivity contribution is -0.385. The Labute approximate surface area is 178 Å². The zero-order chi connectivity index (χ0) is 22.8. The second-order valence-electron chi connectivity index (χ2n) is 6.66. The van der Waals surface area contributed by atoms with E-state index in [4.69, 9.17) is 0 Å². The van der Waals surface area contributed by atoms with E-state index in [0.717, 1.165) is 57.1 Å². The average Bonchev–Trinajstić information content (AvgIpc) is 3.01. The first-order valence-electron chi connectivity index (χ1n) is 9.03. The Morgan fingerprint density at radius 3 is 1.23 bits per heavy atom. The molecular formula is C17H18N4O8S2. The second kappa shape index (κ2) is 8.66. The van der Waals surface area contributed by atoms with Gasteiger partial charge in [0, 0.05) is 50.4 Å². The maximum atomic E-state index is 12.9. The van der Waals surface area contributed by atoms with E-state index in [2.05, 4.69) is 0 Å². The van der Waals surface area contributed by atoms with Gasteiger partial charge in [0.05, 0.1) is 19.6 Å². The van der Waals surface area contributed by atoms with E-state index >= 15 is 0 Å². The monoisotopic (exact) mass is 470 g/mol. The third-order valence-corrected chi connectivity index (χ3v) is 8.61. The Kier molecular flexibility index (Phi) is 6.35. The normalized spacial score (nSPS) is 16.5. The van der Waals surface area contributed by atoms with Gasteiger partial charge in [0.25, 0.3) is 11.4 Å².